The summed E-state index contributed by atoms with van der Waals surface area (Å²) in [6.07, 6.45) is -2.06. The minimum Gasteiger partial charge on any atom is -0.445 e. The molecule has 21 heavy (non-hydrogen) atoms. The number of rotatable bonds is 3. The molecule has 1 saturated heterocycles. The number of aliphatic hydroxyl groups excluding tert-OH is 1. The number of hydrogen-bond acceptors (Lipinski definition) is 5. The molecule has 0 aromatic rings. The first-order chi connectivity index (χ1) is 9.40. The fourth-order valence-electron chi connectivity index (χ4n) is 1.78. The van der Waals surface area contributed by atoms with Crippen LogP contribution in [0, 0.1) is 5.41 Å². The lowest BCUT2D eigenvalue weighted by Crippen LogP contribution is -2.50. The van der Waals surface area contributed by atoms with Crippen LogP contribution in [-0.4, -0.2) is 49.2 Å². The van der Waals surface area contributed by atoms with Crippen LogP contribution in [0.3, 0.4) is 0 Å². The molecule has 0 aliphatic carbocycles. The van der Waals surface area contributed by atoms with Crippen LogP contribution in [0.4, 0.5) is 0 Å². The van der Waals surface area contributed by atoms with E-state index in [0.717, 1.165) is 0 Å². The molecule has 0 spiro atoms. The SMILES string of the molecule is C[C@@H]1O[C@@H](OC(=N)C(Cl)(Cl)Cl)[C@H](O)C[C@H]1O[SiH2]C(C)(C)C. The van der Waals surface area contributed by atoms with Gasteiger partial charge in [-0.3, -0.25) is 5.41 Å². The van der Waals surface area contributed by atoms with E-state index in [0.29, 0.717) is 6.42 Å². The summed E-state index contributed by atoms with van der Waals surface area (Å²) in [6.45, 7) is 8.21. The molecule has 0 amide bonds. The van der Waals surface area contributed by atoms with E-state index in [1.165, 1.54) is 0 Å². The average molecular weight is 379 g/mol. The summed E-state index contributed by atoms with van der Waals surface area (Å²) < 4.78 is 14.6. The Hall–Kier alpha value is 0.437. The van der Waals surface area contributed by atoms with Gasteiger partial charge < -0.3 is 19.0 Å². The quantitative estimate of drug-likeness (QED) is 0.342. The minimum atomic E-state index is -1.97. The normalized spacial score (nSPS) is 31.6. The molecular formula is C12H22Cl3NO4Si. The number of aliphatic hydroxyl groups is 1. The smallest absolute Gasteiger partial charge is 0.265 e. The molecule has 1 aliphatic heterocycles. The molecule has 0 bridgehead atoms. The molecule has 0 aromatic heterocycles. The van der Waals surface area contributed by atoms with E-state index >= 15 is 0 Å². The van der Waals surface area contributed by atoms with Gasteiger partial charge in [0.2, 0.25) is 12.2 Å². The predicted molar refractivity (Wildman–Crippen MR) is 87.2 cm³/mol. The molecule has 2 N–H and O–H groups in total. The van der Waals surface area contributed by atoms with Crippen molar-refractivity contribution in [2.45, 2.75) is 67.5 Å². The summed E-state index contributed by atoms with van der Waals surface area (Å²) in [7, 11) is -0.748. The molecule has 5 nitrogen and oxygen atoms in total. The average Bonchev–Trinajstić information content (AvgIpc) is 2.29. The van der Waals surface area contributed by atoms with Crippen molar-refractivity contribution in [3.05, 3.63) is 0 Å². The Labute approximate surface area is 142 Å². The summed E-state index contributed by atoms with van der Waals surface area (Å²) in [4.78, 5) is 0. The van der Waals surface area contributed by atoms with E-state index in [1.54, 1.807) is 0 Å². The predicted octanol–water partition coefficient (Wildman–Crippen LogP) is 2.53. The summed E-state index contributed by atoms with van der Waals surface area (Å²) in [5, 5.41) is 17.7. The lowest BCUT2D eigenvalue weighted by molar-refractivity contribution is -0.230. The van der Waals surface area contributed by atoms with E-state index in [-0.39, 0.29) is 17.2 Å². The van der Waals surface area contributed by atoms with E-state index in [1.807, 2.05) is 6.92 Å². The van der Waals surface area contributed by atoms with E-state index < -0.39 is 31.8 Å². The molecule has 1 aliphatic rings. The third-order valence-corrected chi connectivity index (χ3v) is 4.86. The van der Waals surface area contributed by atoms with Crippen LogP contribution in [-0.2, 0) is 13.9 Å². The zero-order valence-electron chi connectivity index (χ0n) is 12.5. The highest BCUT2D eigenvalue weighted by Gasteiger charge is 2.40. The van der Waals surface area contributed by atoms with Gasteiger partial charge in [0.15, 0.2) is 9.76 Å². The van der Waals surface area contributed by atoms with Gasteiger partial charge in [0.05, 0.1) is 12.2 Å². The summed E-state index contributed by atoms with van der Waals surface area (Å²) >= 11 is 16.6. The first-order valence-electron chi connectivity index (χ1n) is 6.67. The number of hydrogen-bond donors (Lipinski definition) is 2. The fraction of sp³-hybridized carbons (Fsp3) is 0.917. The molecule has 1 fully saturated rings. The Morgan fingerprint density at radius 1 is 1.33 bits per heavy atom. The summed E-state index contributed by atoms with van der Waals surface area (Å²) in [5.74, 6) is -0.577. The summed E-state index contributed by atoms with van der Waals surface area (Å²) in [5.41, 5.74) is 0. The van der Waals surface area contributed by atoms with Crippen molar-refractivity contribution in [1.82, 2.24) is 0 Å². The monoisotopic (exact) mass is 377 g/mol. The Morgan fingerprint density at radius 2 is 1.90 bits per heavy atom. The van der Waals surface area contributed by atoms with E-state index in [4.69, 9.17) is 54.1 Å². The van der Waals surface area contributed by atoms with Crippen LogP contribution in [0.25, 0.3) is 0 Å². The fourth-order valence-corrected chi connectivity index (χ4v) is 3.04. The zero-order valence-corrected chi connectivity index (χ0v) is 16.2. The van der Waals surface area contributed by atoms with Gasteiger partial charge in [-0.25, -0.2) is 0 Å². The third kappa shape index (κ3) is 6.60. The van der Waals surface area contributed by atoms with Crippen molar-refractivity contribution < 1.29 is 19.0 Å². The molecular weight excluding hydrogens is 357 g/mol. The Morgan fingerprint density at radius 3 is 2.38 bits per heavy atom. The molecule has 9 heteroatoms. The topological polar surface area (TPSA) is 71.8 Å². The second-order valence-electron chi connectivity index (χ2n) is 6.37. The lowest BCUT2D eigenvalue weighted by atomic mass is 10.0. The van der Waals surface area contributed by atoms with Crippen LogP contribution in [0.2, 0.25) is 5.04 Å². The largest absolute Gasteiger partial charge is 0.445 e. The van der Waals surface area contributed by atoms with Crippen molar-refractivity contribution in [1.29, 1.82) is 5.41 Å². The van der Waals surface area contributed by atoms with Gasteiger partial charge in [-0.15, -0.1) is 0 Å². The molecule has 1 heterocycles. The van der Waals surface area contributed by atoms with Crippen molar-refractivity contribution in [3.8, 4) is 0 Å². The van der Waals surface area contributed by atoms with Crippen LogP contribution >= 0.6 is 34.8 Å². The maximum Gasteiger partial charge on any atom is 0.265 e. The van der Waals surface area contributed by atoms with Crippen LogP contribution in [0.5, 0.6) is 0 Å². The van der Waals surface area contributed by atoms with Gasteiger partial charge >= 0.3 is 0 Å². The third-order valence-electron chi connectivity index (χ3n) is 2.88. The highest BCUT2D eigenvalue weighted by atomic mass is 35.6. The Balaban J connectivity index is 2.56. The van der Waals surface area contributed by atoms with Crippen molar-refractivity contribution in [2.75, 3.05) is 0 Å². The maximum atomic E-state index is 10.1. The maximum absolute atomic E-state index is 10.1. The Bertz CT molecular complexity index is 372. The van der Waals surface area contributed by atoms with Gasteiger partial charge in [0, 0.05) is 6.42 Å². The highest BCUT2D eigenvalue weighted by Crippen LogP contribution is 2.31. The number of alkyl halides is 3. The van der Waals surface area contributed by atoms with Gasteiger partial charge in [0.1, 0.15) is 6.10 Å². The molecule has 4 atom stereocenters. The lowest BCUT2D eigenvalue weighted by Gasteiger charge is -2.39. The molecule has 0 unspecified atom stereocenters. The number of halogens is 3. The van der Waals surface area contributed by atoms with Crippen LogP contribution in [0.15, 0.2) is 0 Å². The van der Waals surface area contributed by atoms with Gasteiger partial charge in [-0.1, -0.05) is 55.6 Å². The Kier molecular flexibility index (Phi) is 6.81. The van der Waals surface area contributed by atoms with Gasteiger partial charge in [-0.05, 0) is 12.0 Å². The van der Waals surface area contributed by atoms with Crippen molar-refractivity contribution >= 4 is 50.5 Å². The first kappa shape index (κ1) is 19.5. The van der Waals surface area contributed by atoms with Crippen molar-refractivity contribution in [3.63, 3.8) is 0 Å². The van der Waals surface area contributed by atoms with Crippen LogP contribution in [0.1, 0.15) is 34.1 Å². The molecule has 0 radical (unpaired) electrons. The summed E-state index contributed by atoms with van der Waals surface area (Å²) in [6, 6.07) is 0. The number of nitrogens with one attached hydrogen (secondary N) is 1. The number of ether oxygens (including phenoxy) is 2. The van der Waals surface area contributed by atoms with Gasteiger partial charge in [-0.2, -0.15) is 0 Å². The standard InChI is InChI=1S/C12H22Cl3NO4Si/c1-6-8(20-21-11(2,3)4)5-7(17)9(18-6)19-10(16)12(13,14)15/h6-9,16-17H,5,21H2,1-4H3/t6-,7+,8+,9-/m0/s1. The van der Waals surface area contributed by atoms with E-state index in [9.17, 15) is 5.11 Å². The molecule has 0 aromatic carbocycles. The molecule has 0 saturated carbocycles. The van der Waals surface area contributed by atoms with E-state index in [2.05, 4.69) is 20.8 Å². The van der Waals surface area contributed by atoms with Crippen molar-refractivity contribution in [2.24, 2.45) is 0 Å². The zero-order chi connectivity index (χ0) is 16.4. The van der Waals surface area contributed by atoms with Gasteiger partial charge in [0.25, 0.3) is 3.79 Å². The second kappa shape index (κ2) is 7.34. The molecule has 124 valence electrons. The van der Waals surface area contributed by atoms with Crippen LogP contribution < -0.4 is 0 Å². The second-order valence-corrected chi connectivity index (χ2v) is 11.4. The first-order valence-corrected chi connectivity index (χ1v) is 9.09. The minimum absolute atomic E-state index is 0.162. The highest BCUT2D eigenvalue weighted by molar-refractivity contribution is 6.76. The molecule has 1 rings (SSSR count).